The van der Waals surface area contributed by atoms with E-state index in [9.17, 15) is 8.42 Å². The molecule has 0 saturated heterocycles. The predicted molar refractivity (Wildman–Crippen MR) is 56.5 cm³/mol. The highest BCUT2D eigenvalue weighted by Crippen LogP contribution is 2.27. The summed E-state index contributed by atoms with van der Waals surface area (Å²) in [6, 6.07) is 5.24. The lowest BCUT2D eigenvalue weighted by molar-refractivity contribution is 0.141. The van der Waals surface area contributed by atoms with E-state index in [4.69, 9.17) is 5.90 Å². The van der Waals surface area contributed by atoms with E-state index in [1.54, 1.807) is 18.2 Å². The Kier molecular flexibility index (Phi) is 2.60. The van der Waals surface area contributed by atoms with Crippen molar-refractivity contribution in [3.63, 3.8) is 0 Å². The smallest absolute Gasteiger partial charge is 0.200 e. The van der Waals surface area contributed by atoms with E-state index in [2.05, 4.69) is 4.84 Å². The fourth-order valence-corrected chi connectivity index (χ4v) is 2.74. The Hall–Kier alpha value is -1.17. The molecule has 0 fully saturated rings. The van der Waals surface area contributed by atoms with Crippen LogP contribution in [0.1, 0.15) is 11.1 Å². The van der Waals surface area contributed by atoms with E-state index < -0.39 is 9.84 Å². The Balaban J connectivity index is 2.34. The third-order valence-electron chi connectivity index (χ3n) is 2.32. The summed E-state index contributed by atoms with van der Waals surface area (Å²) in [5.41, 5.74) is 1.76. The number of nitrogens with two attached hydrogens (primary N) is 1. The fourth-order valence-electron chi connectivity index (χ4n) is 1.56. The van der Waals surface area contributed by atoms with Crippen LogP contribution in [-0.4, -0.2) is 15.0 Å². The van der Waals surface area contributed by atoms with Crippen LogP contribution in [0.4, 0.5) is 0 Å². The highest BCUT2D eigenvalue weighted by atomic mass is 32.2. The maximum Gasteiger partial charge on any atom is 0.200 e. The largest absolute Gasteiger partial charge is 0.304 e. The number of hydrogen-bond donors (Lipinski definition) is 1. The first kappa shape index (κ1) is 10.4. The molecule has 0 spiro atoms. The lowest BCUT2D eigenvalue weighted by atomic mass is 10.1. The van der Waals surface area contributed by atoms with E-state index >= 15 is 0 Å². The number of fused-ring (bicyclic) bond motifs is 1. The van der Waals surface area contributed by atoms with Crippen LogP contribution in [0.3, 0.4) is 0 Å². The average molecular weight is 225 g/mol. The molecule has 1 aliphatic heterocycles. The molecular weight excluding hydrogens is 214 g/mol. The molecule has 0 aliphatic carbocycles. The Bertz CT molecular complexity index is 505. The summed E-state index contributed by atoms with van der Waals surface area (Å²) in [5, 5.41) is 1.22. The van der Waals surface area contributed by atoms with Gasteiger partial charge < -0.3 is 4.84 Å². The molecule has 1 aliphatic rings. The van der Waals surface area contributed by atoms with E-state index in [0.717, 1.165) is 11.1 Å². The molecule has 5 heteroatoms. The van der Waals surface area contributed by atoms with Gasteiger partial charge in [0, 0.05) is 5.41 Å². The van der Waals surface area contributed by atoms with Crippen molar-refractivity contribution in [3.05, 3.63) is 34.7 Å². The molecule has 80 valence electrons. The van der Waals surface area contributed by atoms with Crippen molar-refractivity contribution in [1.82, 2.24) is 0 Å². The van der Waals surface area contributed by atoms with E-state index in [1.807, 2.05) is 6.07 Å². The Labute approximate surface area is 88.2 Å². The lowest BCUT2D eigenvalue weighted by Crippen LogP contribution is -2.04. The zero-order valence-corrected chi connectivity index (χ0v) is 8.83. The van der Waals surface area contributed by atoms with Gasteiger partial charge in [0.2, 0.25) is 0 Å². The minimum Gasteiger partial charge on any atom is -0.304 e. The SMILES string of the molecule is NOCCc1ccc2c(c1)C=CS2(=O)=O. The van der Waals surface area contributed by atoms with Gasteiger partial charge in [0.25, 0.3) is 0 Å². The summed E-state index contributed by atoms with van der Waals surface area (Å²) in [7, 11) is -3.18. The van der Waals surface area contributed by atoms with Gasteiger partial charge in [-0.05, 0) is 29.7 Å². The molecule has 4 nitrogen and oxygen atoms in total. The van der Waals surface area contributed by atoms with Crippen LogP contribution in [0, 0.1) is 0 Å². The van der Waals surface area contributed by atoms with E-state index in [0.29, 0.717) is 17.9 Å². The zero-order chi connectivity index (χ0) is 10.9. The molecule has 0 bridgehead atoms. The molecule has 1 aromatic rings. The van der Waals surface area contributed by atoms with Crippen molar-refractivity contribution in [3.8, 4) is 0 Å². The van der Waals surface area contributed by atoms with Crippen LogP contribution >= 0.6 is 0 Å². The van der Waals surface area contributed by atoms with Crippen molar-refractivity contribution in [2.45, 2.75) is 11.3 Å². The molecule has 1 aromatic carbocycles. The van der Waals surface area contributed by atoms with Crippen LogP contribution in [0.25, 0.3) is 6.08 Å². The second-order valence-electron chi connectivity index (χ2n) is 3.34. The normalized spacial score (nSPS) is 16.6. The molecule has 0 saturated carbocycles. The number of hydrogen-bond acceptors (Lipinski definition) is 4. The van der Waals surface area contributed by atoms with Gasteiger partial charge in [0.15, 0.2) is 9.84 Å². The summed E-state index contributed by atoms with van der Waals surface area (Å²) in [4.78, 5) is 4.84. The topological polar surface area (TPSA) is 69.4 Å². The first-order chi connectivity index (χ1) is 7.13. The van der Waals surface area contributed by atoms with E-state index in [-0.39, 0.29) is 0 Å². The highest BCUT2D eigenvalue weighted by molar-refractivity contribution is 7.94. The molecule has 0 amide bonds. The van der Waals surface area contributed by atoms with Crippen LogP contribution < -0.4 is 5.90 Å². The van der Waals surface area contributed by atoms with Gasteiger partial charge >= 0.3 is 0 Å². The number of rotatable bonds is 3. The second kappa shape index (κ2) is 3.77. The highest BCUT2D eigenvalue weighted by Gasteiger charge is 2.20. The first-order valence-corrected chi connectivity index (χ1v) is 6.06. The molecule has 0 radical (unpaired) electrons. The summed E-state index contributed by atoms with van der Waals surface area (Å²) < 4.78 is 22.9. The third-order valence-corrected chi connectivity index (χ3v) is 3.80. The van der Waals surface area contributed by atoms with Gasteiger partial charge in [-0.2, -0.15) is 0 Å². The Morgan fingerprint density at radius 3 is 2.87 bits per heavy atom. The molecule has 1 heterocycles. The maximum absolute atomic E-state index is 11.4. The Morgan fingerprint density at radius 1 is 1.33 bits per heavy atom. The fraction of sp³-hybridized carbons (Fsp3) is 0.200. The summed E-state index contributed by atoms with van der Waals surface area (Å²) in [5.74, 6) is 4.92. The molecule has 2 N–H and O–H groups in total. The predicted octanol–water partition coefficient (Wildman–Crippen LogP) is 0.877. The van der Waals surface area contributed by atoms with Gasteiger partial charge in [0.1, 0.15) is 0 Å². The molecule has 0 unspecified atom stereocenters. The van der Waals surface area contributed by atoms with Gasteiger partial charge in [-0.15, -0.1) is 0 Å². The van der Waals surface area contributed by atoms with Gasteiger partial charge in [-0.1, -0.05) is 12.1 Å². The van der Waals surface area contributed by atoms with Crippen molar-refractivity contribution < 1.29 is 13.3 Å². The first-order valence-electron chi connectivity index (χ1n) is 4.51. The van der Waals surface area contributed by atoms with E-state index in [1.165, 1.54) is 5.41 Å². The summed E-state index contributed by atoms with van der Waals surface area (Å²) >= 11 is 0. The zero-order valence-electron chi connectivity index (χ0n) is 8.01. The third kappa shape index (κ3) is 1.94. The summed E-state index contributed by atoms with van der Waals surface area (Å²) in [6.45, 7) is 0.426. The summed E-state index contributed by atoms with van der Waals surface area (Å²) in [6.07, 6.45) is 2.29. The molecule has 2 rings (SSSR count). The maximum atomic E-state index is 11.4. The second-order valence-corrected chi connectivity index (χ2v) is 5.14. The molecule has 0 aromatic heterocycles. The van der Waals surface area contributed by atoms with Crippen molar-refractivity contribution >= 4 is 15.9 Å². The monoisotopic (exact) mass is 225 g/mol. The minimum atomic E-state index is -3.18. The molecule has 15 heavy (non-hydrogen) atoms. The molecular formula is C10H11NO3S. The minimum absolute atomic E-state index is 0.375. The van der Waals surface area contributed by atoms with Crippen LogP contribution in [0.5, 0.6) is 0 Å². The van der Waals surface area contributed by atoms with Crippen molar-refractivity contribution in [2.24, 2.45) is 5.90 Å². The van der Waals surface area contributed by atoms with Gasteiger partial charge in [-0.3, -0.25) is 0 Å². The standard InChI is InChI=1S/C10H11NO3S/c11-14-5-3-8-1-2-10-9(7-8)4-6-15(10,12)13/h1-2,4,6-7H,3,5,11H2. The molecule has 0 atom stereocenters. The van der Waals surface area contributed by atoms with Gasteiger partial charge in [0.05, 0.1) is 11.5 Å². The van der Waals surface area contributed by atoms with Gasteiger partial charge in [-0.25, -0.2) is 14.3 Å². The number of sulfone groups is 1. The lowest BCUT2D eigenvalue weighted by Gasteiger charge is -2.03. The van der Waals surface area contributed by atoms with Crippen LogP contribution in [0.2, 0.25) is 0 Å². The Morgan fingerprint density at radius 2 is 2.13 bits per heavy atom. The average Bonchev–Trinajstić information content (AvgIpc) is 2.52. The van der Waals surface area contributed by atoms with Crippen LogP contribution in [0.15, 0.2) is 28.5 Å². The van der Waals surface area contributed by atoms with Crippen molar-refractivity contribution in [2.75, 3.05) is 6.61 Å². The quantitative estimate of drug-likeness (QED) is 0.775. The van der Waals surface area contributed by atoms with Crippen molar-refractivity contribution in [1.29, 1.82) is 0 Å². The number of benzene rings is 1. The van der Waals surface area contributed by atoms with Crippen LogP contribution in [-0.2, 0) is 21.1 Å².